The van der Waals surface area contributed by atoms with Gasteiger partial charge in [0, 0.05) is 16.1 Å². The van der Waals surface area contributed by atoms with Crippen LogP contribution in [0.3, 0.4) is 0 Å². The van der Waals surface area contributed by atoms with E-state index in [0.717, 1.165) is 12.1 Å². The first-order valence-corrected chi connectivity index (χ1v) is 9.65. The van der Waals surface area contributed by atoms with E-state index in [0.29, 0.717) is 27.7 Å². The fraction of sp³-hybridized carbons (Fsp3) is 0.190. The highest BCUT2D eigenvalue weighted by molar-refractivity contribution is 6.30. The minimum atomic E-state index is -4.64. The third-order valence-electron chi connectivity index (χ3n) is 4.97. The molecule has 0 radical (unpaired) electrons. The van der Waals surface area contributed by atoms with Gasteiger partial charge >= 0.3 is 6.18 Å². The number of fused-ring (bicyclic) bond motifs is 1. The molecular formula is C21H16ClF3N4O2. The molecule has 0 saturated carbocycles. The zero-order valence-corrected chi connectivity index (χ0v) is 16.9. The SMILES string of the molecule is Cc1c(-c2cccc(Cl)c2)nn2c1NC(=O)C[C@H]2C(=O)Nc1ccccc1C(F)(F)F. The van der Waals surface area contributed by atoms with Crippen molar-refractivity contribution in [1.82, 2.24) is 9.78 Å². The van der Waals surface area contributed by atoms with Crippen LogP contribution in [-0.4, -0.2) is 21.6 Å². The van der Waals surface area contributed by atoms with Gasteiger partial charge in [-0.05, 0) is 31.2 Å². The molecule has 1 aliphatic rings. The fourth-order valence-electron chi connectivity index (χ4n) is 3.51. The molecule has 2 aromatic carbocycles. The number of carbonyl (C=O) groups excluding carboxylic acids is 2. The Morgan fingerprint density at radius 1 is 1.23 bits per heavy atom. The summed E-state index contributed by atoms with van der Waals surface area (Å²) in [5.74, 6) is -0.888. The highest BCUT2D eigenvalue weighted by Gasteiger charge is 2.37. The second-order valence-corrected chi connectivity index (χ2v) is 7.51. The van der Waals surface area contributed by atoms with Gasteiger partial charge in [-0.3, -0.25) is 9.59 Å². The van der Waals surface area contributed by atoms with Crippen LogP contribution in [0.2, 0.25) is 5.02 Å². The molecule has 1 aliphatic heterocycles. The van der Waals surface area contributed by atoms with E-state index in [1.165, 1.54) is 16.8 Å². The molecule has 31 heavy (non-hydrogen) atoms. The number of nitrogens with one attached hydrogen (secondary N) is 2. The van der Waals surface area contributed by atoms with E-state index >= 15 is 0 Å². The lowest BCUT2D eigenvalue weighted by Crippen LogP contribution is -2.36. The summed E-state index contributed by atoms with van der Waals surface area (Å²) in [4.78, 5) is 25.2. The summed E-state index contributed by atoms with van der Waals surface area (Å²) in [6.07, 6.45) is -4.90. The molecule has 3 aromatic rings. The van der Waals surface area contributed by atoms with Crippen LogP contribution in [0.4, 0.5) is 24.7 Å². The maximum atomic E-state index is 13.3. The number of para-hydroxylation sites is 1. The molecule has 0 saturated heterocycles. The summed E-state index contributed by atoms with van der Waals surface area (Å²) in [6, 6.07) is 10.5. The molecule has 0 fully saturated rings. The van der Waals surface area contributed by atoms with Gasteiger partial charge in [-0.15, -0.1) is 0 Å². The van der Waals surface area contributed by atoms with Crippen LogP contribution in [0.1, 0.15) is 23.6 Å². The van der Waals surface area contributed by atoms with Crippen LogP contribution in [0.15, 0.2) is 48.5 Å². The number of nitrogens with zero attached hydrogens (tertiary/aromatic N) is 2. The van der Waals surface area contributed by atoms with Crippen LogP contribution >= 0.6 is 11.6 Å². The van der Waals surface area contributed by atoms with Crippen molar-refractivity contribution in [1.29, 1.82) is 0 Å². The summed E-state index contributed by atoms with van der Waals surface area (Å²) in [6.45, 7) is 1.73. The van der Waals surface area contributed by atoms with Gasteiger partial charge in [-0.25, -0.2) is 4.68 Å². The number of rotatable bonds is 3. The van der Waals surface area contributed by atoms with Crippen molar-refractivity contribution in [2.75, 3.05) is 10.6 Å². The molecule has 0 bridgehead atoms. The number of halogens is 4. The molecule has 0 spiro atoms. The normalized spacial score (nSPS) is 15.9. The maximum Gasteiger partial charge on any atom is 0.418 e. The Morgan fingerprint density at radius 3 is 2.68 bits per heavy atom. The van der Waals surface area contributed by atoms with E-state index in [4.69, 9.17) is 11.6 Å². The van der Waals surface area contributed by atoms with E-state index in [2.05, 4.69) is 15.7 Å². The van der Waals surface area contributed by atoms with Crippen molar-refractivity contribution in [3.8, 4) is 11.3 Å². The molecule has 1 atom stereocenters. The number of amides is 2. The topological polar surface area (TPSA) is 76.0 Å². The first-order valence-electron chi connectivity index (χ1n) is 9.27. The van der Waals surface area contributed by atoms with Crippen LogP contribution in [0, 0.1) is 6.92 Å². The summed E-state index contributed by atoms with van der Waals surface area (Å²) >= 11 is 6.06. The van der Waals surface area contributed by atoms with Crippen LogP contribution < -0.4 is 10.6 Å². The highest BCUT2D eigenvalue weighted by Crippen LogP contribution is 2.37. The zero-order chi connectivity index (χ0) is 22.3. The van der Waals surface area contributed by atoms with Crippen molar-refractivity contribution in [2.24, 2.45) is 0 Å². The average molecular weight is 449 g/mol. The van der Waals surface area contributed by atoms with E-state index in [1.807, 2.05) is 0 Å². The van der Waals surface area contributed by atoms with Crippen molar-refractivity contribution in [3.05, 3.63) is 64.7 Å². The monoisotopic (exact) mass is 448 g/mol. The molecule has 160 valence electrons. The molecule has 6 nitrogen and oxygen atoms in total. The minimum absolute atomic E-state index is 0.261. The Balaban J connectivity index is 1.71. The predicted molar refractivity (Wildman–Crippen MR) is 110 cm³/mol. The minimum Gasteiger partial charge on any atom is -0.324 e. The Hall–Kier alpha value is -3.33. The first kappa shape index (κ1) is 20.9. The number of hydrogen-bond donors (Lipinski definition) is 2. The number of carbonyl (C=O) groups is 2. The molecule has 0 unspecified atom stereocenters. The van der Waals surface area contributed by atoms with Crippen molar-refractivity contribution < 1.29 is 22.8 Å². The van der Waals surface area contributed by atoms with Crippen LogP contribution in [-0.2, 0) is 15.8 Å². The molecule has 2 amide bonds. The number of alkyl halides is 3. The van der Waals surface area contributed by atoms with Gasteiger partial charge in [0.25, 0.3) is 0 Å². The molecule has 2 N–H and O–H groups in total. The van der Waals surface area contributed by atoms with Gasteiger partial charge < -0.3 is 10.6 Å². The maximum absolute atomic E-state index is 13.3. The Bertz CT molecular complexity index is 1190. The van der Waals surface area contributed by atoms with Gasteiger partial charge in [0.2, 0.25) is 11.8 Å². The predicted octanol–water partition coefficient (Wildman–Crippen LogP) is 5.05. The molecule has 0 aliphatic carbocycles. The molecule has 10 heteroatoms. The summed E-state index contributed by atoms with van der Waals surface area (Å²) in [7, 11) is 0. The van der Waals surface area contributed by atoms with Gasteiger partial charge in [-0.2, -0.15) is 18.3 Å². The number of aromatic nitrogens is 2. The van der Waals surface area contributed by atoms with Gasteiger partial charge in [0.1, 0.15) is 11.9 Å². The van der Waals surface area contributed by atoms with E-state index < -0.39 is 29.6 Å². The highest BCUT2D eigenvalue weighted by atomic mass is 35.5. The number of hydrogen-bond acceptors (Lipinski definition) is 3. The number of anilines is 2. The lowest BCUT2D eigenvalue weighted by atomic mass is 10.1. The largest absolute Gasteiger partial charge is 0.418 e. The standard InChI is InChI=1S/C21H16ClF3N4O2/c1-11-18(12-5-4-6-13(22)9-12)28-29-16(10-17(30)27-19(11)29)20(31)26-15-8-3-2-7-14(15)21(23,24)25/h2-9,16H,10H2,1H3,(H,26,31)(H,27,30)/t16-/m0/s1. The average Bonchev–Trinajstić information content (AvgIpc) is 3.03. The van der Waals surface area contributed by atoms with E-state index in [1.54, 1.807) is 31.2 Å². The summed E-state index contributed by atoms with van der Waals surface area (Å²) < 4.78 is 41.2. The Morgan fingerprint density at radius 2 is 1.97 bits per heavy atom. The second kappa shape index (κ2) is 7.73. The van der Waals surface area contributed by atoms with Crippen molar-refractivity contribution in [3.63, 3.8) is 0 Å². The van der Waals surface area contributed by atoms with Crippen LogP contribution in [0.5, 0.6) is 0 Å². The quantitative estimate of drug-likeness (QED) is 0.588. The van der Waals surface area contributed by atoms with E-state index in [9.17, 15) is 22.8 Å². The lowest BCUT2D eigenvalue weighted by Gasteiger charge is -2.24. The fourth-order valence-corrected chi connectivity index (χ4v) is 3.70. The van der Waals surface area contributed by atoms with Gasteiger partial charge in [0.05, 0.1) is 23.4 Å². The summed E-state index contributed by atoms with van der Waals surface area (Å²) in [5, 5.41) is 9.95. The molecular weight excluding hydrogens is 433 g/mol. The molecule has 2 heterocycles. The number of benzene rings is 2. The van der Waals surface area contributed by atoms with Crippen LogP contribution in [0.25, 0.3) is 11.3 Å². The smallest absolute Gasteiger partial charge is 0.324 e. The van der Waals surface area contributed by atoms with Gasteiger partial charge in [0.15, 0.2) is 0 Å². The Labute approximate surface area is 180 Å². The third kappa shape index (κ3) is 4.00. The zero-order valence-electron chi connectivity index (χ0n) is 16.1. The molecule has 1 aromatic heterocycles. The van der Waals surface area contributed by atoms with E-state index in [-0.39, 0.29) is 12.1 Å². The lowest BCUT2D eigenvalue weighted by molar-refractivity contribution is -0.137. The van der Waals surface area contributed by atoms with Crippen molar-refractivity contribution >= 4 is 34.9 Å². The summed E-state index contributed by atoms with van der Waals surface area (Å²) in [5.41, 5.74) is 0.450. The van der Waals surface area contributed by atoms with Gasteiger partial charge in [-0.1, -0.05) is 35.9 Å². The molecule has 4 rings (SSSR count). The first-order chi connectivity index (χ1) is 14.6. The second-order valence-electron chi connectivity index (χ2n) is 7.08. The Kier molecular flexibility index (Phi) is 5.22. The van der Waals surface area contributed by atoms with Crippen molar-refractivity contribution in [2.45, 2.75) is 25.6 Å². The third-order valence-corrected chi connectivity index (χ3v) is 5.21.